The van der Waals surface area contributed by atoms with E-state index in [2.05, 4.69) is 4.72 Å². The predicted molar refractivity (Wildman–Crippen MR) is 85.8 cm³/mol. The Morgan fingerprint density at radius 1 is 1.13 bits per heavy atom. The van der Waals surface area contributed by atoms with Crippen molar-refractivity contribution < 1.29 is 16.8 Å². The van der Waals surface area contributed by atoms with Gasteiger partial charge in [-0.25, -0.2) is 21.6 Å². The number of sulfonamides is 2. The quantitative estimate of drug-likeness (QED) is 0.756. The van der Waals surface area contributed by atoms with Crippen LogP contribution in [0, 0.1) is 0 Å². The molecule has 3 N–H and O–H groups in total. The van der Waals surface area contributed by atoms with Crippen molar-refractivity contribution in [2.75, 3.05) is 13.1 Å². The average Bonchev–Trinajstić information content (AvgIpc) is 3.18. The lowest BCUT2D eigenvalue weighted by atomic mass is 10.2. The number of nitrogens with two attached hydrogens (primary N) is 1. The van der Waals surface area contributed by atoms with E-state index < -0.39 is 20.0 Å². The first-order chi connectivity index (χ1) is 10.8. The highest BCUT2D eigenvalue weighted by molar-refractivity contribution is 7.90. The van der Waals surface area contributed by atoms with E-state index in [4.69, 9.17) is 5.73 Å². The molecule has 1 aromatic rings. The van der Waals surface area contributed by atoms with E-state index in [1.54, 1.807) is 0 Å². The molecule has 3 rings (SSSR count). The van der Waals surface area contributed by atoms with Gasteiger partial charge in [0.25, 0.3) is 0 Å². The zero-order valence-corrected chi connectivity index (χ0v) is 14.3. The van der Waals surface area contributed by atoms with E-state index in [1.165, 1.54) is 28.6 Å². The molecule has 1 heterocycles. The van der Waals surface area contributed by atoms with E-state index in [9.17, 15) is 16.8 Å². The van der Waals surface area contributed by atoms with Gasteiger partial charge in [0.15, 0.2) is 0 Å². The third-order valence-corrected chi connectivity index (χ3v) is 7.68. The highest BCUT2D eigenvalue weighted by Crippen LogP contribution is 2.27. The minimum atomic E-state index is -3.73. The molecule has 1 saturated carbocycles. The molecule has 1 atom stereocenters. The largest absolute Gasteiger partial charge is 0.329 e. The third kappa shape index (κ3) is 3.43. The van der Waals surface area contributed by atoms with Crippen LogP contribution in [0.2, 0.25) is 0 Å². The van der Waals surface area contributed by atoms with E-state index in [-0.39, 0.29) is 28.4 Å². The number of hydrogen-bond acceptors (Lipinski definition) is 5. The molecule has 0 spiro atoms. The van der Waals surface area contributed by atoms with Crippen LogP contribution >= 0.6 is 0 Å². The highest BCUT2D eigenvalue weighted by Gasteiger charge is 2.35. The summed E-state index contributed by atoms with van der Waals surface area (Å²) in [6, 6.07) is 5.28. The van der Waals surface area contributed by atoms with E-state index >= 15 is 0 Å². The molecular weight excluding hydrogens is 338 g/mol. The molecule has 2 fully saturated rings. The summed E-state index contributed by atoms with van der Waals surface area (Å²) in [4.78, 5) is -0.0227. The molecule has 23 heavy (non-hydrogen) atoms. The molecule has 0 aromatic heterocycles. The Labute approximate surface area is 137 Å². The van der Waals surface area contributed by atoms with Gasteiger partial charge in [0.2, 0.25) is 20.0 Å². The van der Waals surface area contributed by atoms with Gasteiger partial charge in [-0.05, 0) is 43.9 Å². The lowest BCUT2D eigenvalue weighted by molar-refractivity contribution is 0.393. The first kappa shape index (κ1) is 16.8. The maximum absolute atomic E-state index is 12.8. The highest BCUT2D eigenvalue weighted by atomic mass is 32.2. The lowest BCUT2D eigenvalue weighted by Crippen LogP contribution is -2.39. The first-order valence-electron chi connectivity index (χ1n) is 7.69. The molecule has 1 aliphatic heterocycles. The average molecular weight is 359 g/mol. The fraction of sp³-hybridized carbons (Fsp3) is 0.571. The van der Waals surface area contributed by atoms with Crippen molar-refractivity contribution in [1.82, 2.24) is 9.03 Å². The Bertz CT molecular complexity index is 788. The molecule has 1 aliphatic carbocycles. The van der Waals surface area contributed by atoms with Gasteiger partial charge in [-0.3, -0.25) is 0 Å². The molecule has 2 aliphatic rings. The van der Waals surface area contributed by atoms with Crippen molar-refractivity contribution in [3.8, 4) is 0 Å². The zero-order chi connectivity index (χ0) is 16.7. The molecular formula is C14H21N3O4S2. The van der Waals surface area contributed by atoms with Gasteiger partial charge in [0.05, 0.1) is 9.79 Å². The van der Waals surface area contributed by atoms with Gasteiger partial charge in [0, 0.05) is 25.2 Å². The molecule has 128 valence electrons. The number of hydrogen-bond donors (Lipinski definition) is 2. The fourth-order valence-electron chi connectivity index (χ4n) is 2.79. The van der Waals surface area contributed by atoms with E-state index in [0.717, 1.165) is 25.7 Å². The summed E-state index contributed by atoms with van der Waals surface area (Å²) in [5.41, 5.74) is 5.65. The maximum Gasteiger partial charge on any atom is 0.243 e. The van der Waals surface area contributed by atoms with Crippen molar-refractivity contribution in [2.24, 2.45) is 5.73 Å². The van der Waals surface area contributed by atoms with Gasteiger partial charge in [-0.15, -0.1) is 0 Å². The fourth-order valence-corrected chi connectivity index (χ4v) is 5.96. The Morgan fingerprint density at radius 3 is 2.48 bits per heavy atom. The van der Waals surface area contributed by atoms with Crippen molar-refractivity contribution >= 4 is 20.0 Å². The molecule has 9 heteroatoms. The van der Waals surface area contributed by atoms with Crippen LogP contribution in [0.1, 0.15) is 25.7 Å². The number of rotatable bonds is 6. The van der Waals surface area contributed by atoms with E-state index in [1.807, 2.05) is 0 Å². The normalized spacial score (nSPS) is 23.3. The number of benzene rings is 1. The van der Waals surface area contributed by atoms with Crippen LogP contribution in [0.5, 0.6) is 0 Å². The van der Waals surface area contributed by atoms with Crippen molar-refractivity contribution in [2.45, 2.75) is 47.6 Å². The molecule has 1 aromatic carbocycles. The second-order valence-corrected chi connectivity index (χ2v) is 9.62. The summed E-state index contributed by atoms with van der Waals surface area (Å²) in [5, 5.41) is 0. The third-order valence-electron chi connectivity index (χ3n) is 4.22. The van der Waals surface area contributed by atoms with E-state index in [0.29, 0.717) is 6.54 Å². The molecule has 0 amide bonds. The summed E-state index contributed by atoms with van der Waals surface area (Å²) in [5.74, 6) is 0. The SMILES string of the molecule is NCC1CCCN1S(=O)(=O)c1cccc(S(=O)(=O)NC2CC2)c1. The lowest BCUT2D eigenvalue weighted by Gasteiger charge is -2.23. The number of nitrogens with one attached hydrogen (secondary N) is 1. The Kier molecular flexibility index (Phi) is 4.49. The minimum absolute atomic E-state index is 0.00322. The van der Waals surface area contributed by atoms with Crippen LogP contribution < -0.4 is 10.5 Å². The van der Waals surface area contributed by atoms with Crippen molar-refractivity contribution in [3.63, 3.8) is 0 Å². The van der Waals surface area contributed by atoms with Gasteiger partial charge in [-0.2, -0.15) is 4.31 Å². The molecule has 0 bridgehead atoms. The smallest absolute Gasteiger partial charge is 0.243 e. The second-order valence-electron chi connectivity index (χ2n) is 6.02. The minimum Gasteiger partial charge on any atom is -0.329 e. The molecule has 1 saturated heterocycles. The van der Waals surface area contributed by atoms with Crippen LogP contribution in [0.4, 0.5) is 0 Å². The summed E-state index contributed by atoms with van der Waals surface area (Å²) in [7, 11) is -7.41. The Balaban J connectivity index is 1.92. The van der Waals surface area contributed by atoms with Crippen LogP contribution in [0.25, 0.3) is 0 Å². The number of nitrogens with zero attached hydrogens (tertiary/aromatic N) is 1. The molecule has 1 unspecified atom stereocenters. The first-order valence-corrected chi connectivity index (χ1v) is 10.6. The van der Waals surface area contributed by atoms with Gasteiger partial charge < -0.3 is 5.73 Å². The summed E-state index contributed by atoms with van der Waals surface area (Å²) in [6.45, 7) is 0.682. The van der Waals surface area contributed by atoms with Gasteiger partial charge >= 0.3 is 0 Å². The molecule has 0 radical (unpaired) electrons. The maximum atomic E-state index is 12.8. The molecule has 7 nitrogen and oxygen atoms in total. The van der Waals surface area contributed by atoms with Gasteiger partial charge in [-0.1, -0.05) is 6.07 Å². The Hall–Kier alpha value is -1.00. The van der Waals surface area contributed by atoms with Gasteiger partial charge in [0.1, 0.15) is 0 Å². The predicted octanol–water partition coefficient (Wildman–Crippen LogP) is 0.239. The van der Waals surface area contributed by atoms with Crippen LogP contribution in [0.3, 0.4) is 0 Å². The Morgan fingerprint density at radius 2 is 1.83 bits per heavy atom. The van der Waals surface area contributed by atoms with Crippen LogP contribution in [0.15, 0.2) is 34.1 Å². The van der Waals surface area contributed by atoms with Crippen molar-refractivity contribution in [3.05, 3.63) is 24.3 Å². The van der Waals surface area contributed by atoms with Crippen LogP contribution in [-0.4, -0.2) is 46.3 Å². The topological polar surface area (TPSA) is 110 Å². The summed E-state index contributed by atoms with van der Waals surface area (Å²) < 4.78 is 54.0. The second kappa shape index (κ2) is 6.14. The van der Waals surface area contributed by atoms with Crippen molar-refractivity contribution in [1.29, 1.82) is 0 Å². The summed E-state index contributed by atoms with van der Waals surface area (Å²) in [6.07, 6.45) is 3.14. The standard InChI is InChI=1S/C14H21N3O4S2/c15-10-12-3-2-8-17(12)23(20,21)14-5-1-4-13(9-14)22(18,19)16-11-6-7-11/h1,4-5,9,11-12,16H,2-3,6-8,10,15H2. The zero-order valence-electron chi connectivity index (χ0n) is 12.7. The monoisotopic (exact) mass is 359 g/mol. The summed E-state index contributed by atoms with van der Waals surface area (Å²) >= 11 is 0. The van der Waals surface area contributed by atoms with Crippen LogP contribution in [-0.2, 0) is 20.0 Å².